The molecule has 0 bridgehead atoms. The Morgan fingerprint density at radius 1 is 1.33 bits per heavy atom. The second-order valence-electron chi connectivity index (χ2n) is 4.57. The molecule has 2 nitrogen and oxygen atoms in total. The first-order valence-electron chi connectivity index (χ1n) is 6.37. The van der Waals surface area contributed by atoms with Crippen LogP contribution in [0.2, 0.25) is 0 Å². The highest BCUT2D eigenvalue weighted by Gasteiger charge is 2.22. The number of alkyl halides is 1. The van der Waals surface area contributed by atoms with Gasteiger partial charge in [-0.15, -0.1) is 11.6 Å². The van der Waals surface area contributed by atoms with Crippen molar-refractivity contribution in [2.45, 2.75) is 31.8 Å². The number of hydrogen-bond acceptors (Lipinski definition) is 1. The first-order chi connectivity index (χ1) is 8.81. The zero-order valence-corrected chi connectivity index (χ0v) is 11.1. The predicted octanol–water partition coefficient (Wildman–Crippen LogP) is 3.36. The van der Waals surface area contributed by atoms with Crippen molar-refractivity contribution in [3.8, 4) is 0 Å². The van der Waals surface area contributed by atoms with E-state index in [1.54, 1.807) is 0 Å². The molecule has 1 aromatic carbocycles. The quantitative estimate of drug-likeness (QED) is 0.603. The lowest BCUT2D eigenvalue weighted by Crippen LogP contribution is -2.40. The highest BCUT2D eigenvalue weighted by Crippen LogP contribution is 2.19. The Kier molecular flexibility index (Phi) is 4.82. The van der Waals surface area contributed by atoms with Crippen LogP contribution in [0.15, 0.2) is 42.5 Å². The maximum Gasteiger partial charge on any atom is 0.238 e. The molecule has 1 atom stereocenters. The second kappa shape index (κ2) is 6.60. The molecule has 1 aliphatic carbocycles. The Bertz CT molecular complexity index is 416. The van der Waals surface area contributed by atoms with Crippen LogP contribution in [0.4, 0.5) is 0 Å². The van der Waals surface area contributed by atoms with Crippen LogP contribution in [0, 0.1) is 0 Å². The number of nitrogens with zero attached hydrogens (tertiary/aromatic N) is 1. The van der Waals surface area contributed by atoms with Crippen LogP contribution in [0.3, 0.4) is 0 Å². The molecule has 0 N–H and O–H groups in total. The Balaban J connectivity index is 2.12. The van der Waals surface area contributed by atoms with Gasteiger partial charge in [0.2, 0.25) is 5.91 Å². The van der Waals surface area contributed by atoms with Gasteiger partial charge in [0.15, 0.2) is 0 Å². The van der Waals surface area contributed by atoms with Gasteiger partial charge in [0, 0.05) is 6.54 Å². The number of hydrogen-bond donors (Lipinski definition) is 0. The predicted molar refractivity (Wildman–Crippen MR) is 74.5 cm³/mol. The lowest BCUT2D eigenvalue weighted by Gasteiger charge is -2.31. The van der Waals surface area contributed by atoms with Crippen molar-refractivity contribution in [3.05, 3.63) is 48.0 Å². The molecule has 0 heterocycles. The molecule has 1 unspecified atom stereocenters. The molecule has 0 fully saturated rings. The monoisotopic (exact) mass is 263 g/mol. The summed E-state index contributed by atoms with van der Waals surface area (Å²) in [5, 5.41) is 0. The minimum Gasteiger partial charge on any atom is -0.331 e. The largest absolute Gasteiger partial charge is 0.331 e. The summed E-state index contributed by atoms with van der Waals surface area (Å²) in [5.74, 6) is 0.0639. The number of carbonyl (C=O) groups excluding carboxylic acids is 1. The van der Waals surface area contributed by atoms with E-state index in [-0.39, 0.29) is 17.8 Å². The van der Waals surface area contributed by atoms with Crippen LogP contribution >= 0.6 is 11.6 Å². The summed E-state index contributed by atoms with van der Waals surface area (Å²) < 4.78 is 0. The third-order valence-corrected chi connectivity index (χ3v) is 3.49. The van der Waals surface area contributed by atoms with Crippen molar-refractivity contribution in [1.29, 1.82) is 0 Å². The number of carbonyl (C=O) groups is 1. The van der Waals surface area contributed by atoms with E-state index in [1.807, 2.05) is 35.2 Å². The average Bonchev–Trinajstić information content (AvgIpc) is 2.46. The molecule has 0 saturated heterocycles. The lowest BCUT2D eigenvalue weighted by atomic mass is 10.0. The van der Waals surface area contributed by atoms with Crippen molar-refractivity contribution < 1.29 is 4.79 Å². The van der Waals surface area contributed by atoms with Gasteiger partial charge in [-0.2, -0.15) is 0 Å². The van der Waals surface area contributed by atoms with Crippen molar-refractivity contribution in [3.63, 3.8) is 0 Å². The van der Waals surface area contributed by atoms with Crippen LogP contribution in [-0.2, 0) is 11.3 Å². The Hall–Kier alpha value is -1.28. The fraction of sp³-hybridized carbons (Fsp3) is 0.400. The summed E-state index contributed by atoms with van der Waals surface area (Å²) >= 11 is 5.72. The van der Waals surface area contributed by atoms with Gasteiger partial charge in [-0.1, -0.05) is 42.5 Å². The Morgan fingerprint density at radius 2 is 2.11 bits per heavy atom. The molecule has 1 amide bonds. The van der Waals surface area contributed by atoms with Gasteiger partial charge in [0.1, 0.15) is 5.88 Å². The molecule has 18 heavy (non-hydrogen) atoms. The maximum absolute atomic E-state index is 12.0. The van der Waals surface area contributed by atoms with Gasteiger partial charge >= 0.3 is 0 Å². The SMILES string of the molecule is O=C(CCl)N(Cc1ccccc1)C1C=CCCC1. The molecule has 3 heteroatoms. The summed E-state index contributed by atoms with van der Waals surface area (Å²) in [5.41, 5.74) is 1.15. The first-order valence-corrected chi connectivity index (χ1v) is 6.90. The lowest BCUT2D eigenvalue weighted by molar-refractivity contribution is -0.130. The van der Waals surface area contributed by atoms with Gasteiger partial charge in [-0.25, -0.2) is 0 Å². The highest BCUT2D eigenvalue weighted by atomic mass is 35.5. The van der Waals surface area contributed by atoms with E-state index >= 15 is 0 Å². The molecule has 1 aliphatic rings. The van der Waals surface area contributed by atoms with E-state index in [0.717, 1.165) is 24.8 Å². The van der Waals surface area contributed by atoms with Crippen molar-refractivity contribution in [1.82, 2.24) is 4.90 Å². The number of amides is 1. The van der Waals surface area contributed by atoms with Gasteiger partial charge in [0.05, 0.1) is 6.04 Å². The van der Waals surface area contributed by atoms with E-state index in [0.29, 0.717) is 6.54 Å². The number of halogens is 1. The number of allylic oxidation sites excluding steroid dienone is 1. The van der Waals surface area contributed by atoms with Crippen LogP contribution in [0.25, 0.3) is 0 Å². The molecule has 0 aliphatic heterocycles. The number of benzene rings is 1. The highest BCUT2D eigenvalue weighted by molar-refractivity contribution is 6.27. The molecule has 96 valence electrons. The van der Waals surface area contributed by atoms with Gasteiger partial charge in [0.25, 0.3) is 0 Å². The maximum atomic E-state index is 12.0. The van der Waals surface area contributed by atoms with Crippen LogP contribution in [0.1, 0.15) is 24.8 Å². The second-order valence-corrected chi connectivity index (χ2v) is 4.83. The smallest absolute Gasteiger partial charge is 0.238 e. The van der Waals surface area contributed by atoms with Gasteiger partial charge in [-0.3, -0.25) is 4.79 Å². The van der Waals surface area contributed by atoms with Crippen molar-refractivity contribution in [2.75, 3.05) is 5.88 Å². The topological polar surface area (TPSA) is 20.3 Å². The third-order valence-electron chi connectivity index (χ3n) is 3.26. The fourth-order valence-electron chi connectivity index (χ4n) is 2.30. The standard InChI is InChI=1S/C15H18ClNO/c16-11-15(18)17(14-9-5-2-6-10-14)12-13-7-3-1-4-8-13/h1,3-5,7-9,14H,2,6,10-12H2. The molecular formula is C15H18ClNO. The van der Waals surface area contributed by atoms with Crippen LogP contribution in [0.5, 0.6) is 0 Å². The van der Waals surface area contributed by atoms with E-state index in [1.165, 1.54) is 0 Å². The molecule has 2 rings (SSSR count). The summed E-state index contributed by atoms with van der Waals surface area (Å²) in [4.78, 5) is 13.9. The number of rotatable bonds is 4. The molecule has 0 spiro atoms. The molecule has 1 aromatic rings. The van der Waals surface area contributed by atoms with Gasteiger partial charge in [-0.05, 0) is 24.8 Å². The van der Waals surface area contributed by atoms with Crippen molar-refractivity contribution >= 4 is 17.5 Å². The normalized spacial score (nSPS) is 18.6. The van der Waals surface area contributed by atoms with Crippen molar-refractivity contribution in [2.24, 2.45) is 0 Å². The Morgan fingerprint density at radius 3 is 2.72 bits per heavy atom. The minimum atomic E-state index is 0.0112. The van der Waals surface area contributed by atoms with Crippen LogP contribution in [-0.4, -0.2) is 22.7 Å². The molecule has 0 radical (unpaired) electrons. The summed E-state index contributed by atoms with van der Waals surface area (Å²) in [6.45, 7) is 0.640. The minimum absolute atomic E-state index is 0.0112. The zero-order chi connectivity index (χ0) is 12.8. The van der Waals surface area contributed by atoms with E-state index in [2.05, 4.69) is 12.2 Å². The zero-order valence-electron chi connectivity index (χ0n) is 10.4. The summed E-state index contributed by atoms with van der Waals surface area (Å²) in [6, 6.07) is 10.3. The van der Waals surface area contributed by atoms with E-state index < -0.39 is 0 Å². The summed E-state index contributed by atoms with van der Waals surface area (Å²) in [7, 11) is 0. The Labute approximate surface area is 113 Å². The van der Waals surface area contributed by atoms with E-state index in [4.69, 9.17) is 11.6 Å². The average molecular weight is 264 g/mol. The van der Waals surface area contributed by atoms with E-state index in [9.17, 15) is 4.79 Å². The van der Waals surface area contributed by atoms with Crippen LogP contribution < -0.4 is 0 Å². The third kappa shape index (κ3) is 3.36. The van der Waals surface area contributed by atoms with Gasteiger partial charge < -0.3 is 4.90 Å². The summed E-state index contributed by atoms with van der Waals surface area (Å²) in [6.07, 6.45) is 7.59. The molecule has 0 saturated carbocycles. The molecule has 0 aromatic heterocycles. The fourth-order valence-corrected chi connectivity index (χ4v) is 2.45. The first kappa shape index (κ1) is 13.2. The molecular weight excluding hydrogens is 246 g/mol.